The lowest BCUT2D eigenvalue weighted by molar-refractivity contribution is 0.395. The summed E-state index contributed by atoms with van der Waals surface area (Å²) in [5, 5.41) is 0. The first-order valence-corrected chi connectivity index (χ1v) is 7.11. The average molecular weight is 283 g/mol. The summed E-state index contributed by atoms with van der Waals surface area (Å²) in [5.41, 5.74) is 0. The van der Waals surface area contributed by atoms with Gasteiger partial charge in [0.05, 0.1) is 6.54 Å². The van der Waals surface area contributed by atoms with E-state index >= 15 is 0 Å². The minimum Gasteiger partial charge on any atom is -0.465 e. The number of hydrogen-bond donors (Lipinski definition) is 0. The Kier molecular flexibility index (Phi) is 3.73. The molecule has 102 valence electrons. The topological polar surface area (TPSA) is 50.5 Å². The van der Waals surface area contributed by atoms with Crippen LogP contribution in [0.15, 0.2) is 45.7 Å². The molecule has 0 radical (unpaired) electrons. The Morgan fingerprint density at radius 3 is 2.47 bits per heavy atom. The fourth-order valence-corrected chi connectivity index (χ4v) is 2.89. The molecule has 2 aromatic rings. The summed E-state index contributed by atoms with van der Waals surface area (Å²) in [6, 6.07) is 8.75. The van der Waals surface area contributed by atoms with Crippen LogP contribution in [0, 0.1) is 12.7 Å². The molecule has 0 aliphatic heterocycles. The molecule has 19 heavy (non-hydrogen) atoms. The first-order valence-electron chi connectivity index (χ1n) is 5.67. The summed E-state index contributed by atoms with van der Waals surface area (Å²) >= 11 is 0. The van der Waals surface area contributed by atoms with Gasteiger partial charge in [-0.25, -0.2) is 12.8 Å². The van der Waals surface area contributed by atoms with Crippen LogP contribution in [0.1, 0.15) is 11.5 Å². The first kappa shape index (κ1) is 13.8. The highest BCUT2D eigenvalue weighted by Gasteiger charge is 2.24. The van der Waals surface area contributed by atoms with Gasteiger partial charge in [-0.2, -0.15) is 4.31 Å². The van der Waals surface area contributed by atoms with Gasteiger partial charge in [0, 0.05) is 7.05 Å². The van der Waals surface area contributed by atoms with Crippen molar-refractivity contribution >= 4 is 10.0 Å². The Balaban J connectivity index is 2.27. The maximum absolute atomic E-state index is 13.6. The van der Waals surface area contributed by atoms with Gasteiger partial charge in [-0.15, -0.1) is 0 Å². The molecule has 1 aromatic heterocycles. The zero-order valence-corrected chi connectivity index (χ0v) is 11.4. The molecule has 6 heteroatoms. The van der Waals surface area contributed by atoms with Gasteiger partial charge >= 0.3 is 0 Å². The molecule has 0 spiro atoms. The summed E-state index contributed by atoms with van der Waals surface area (Å²) < 4.78 is 44.4. The van der Waals surface area contributed by atoms with E-state index in [-0.39, 0.29) is 11.4 Å². The highest BCUT2D eigenvalue weighted by Crippen LogP contribution is 2.20. The number of hydrogen-bond acceptors (Lipinski definition) is 3. The molecule has 1 heterocycles. The van der Waals surface area contributed by atoms with Gasteiger partial charge in [0.25, 0.3) is 0 Å². The third-order valence-corrected chi connectivity index (χ3v) is 4.54. The quantitative estimate of drug-likeness (QED) is 0.866. The van der Waals surface area contributed by atoms with Crippen LogP contribution in [0.3, 0.4) is 0 Å². The standard InChI is InChI=1S/C13H14FNO3S/c1-10-7-8-11(18-10)9-15(2)19(16,17)13-6-4-3-5-12(13)14/h3-8H,9H2,1-2H3. The Labute approximate surface area is 111 Å². The molecule has 2 rings (SSSR count). The molecular weight excluding hydrogens is 269 g/mol. The number of sulfonamides is 1. The summed E-state index contributed by atoms with van der Waals surface area (Å²) in [4.78, 5) is -0.333. The van der Waals surface area contributed by atoms with E-state index in [1.807, 2.05) is 0 Å². The molecule has 0 saturated carbocycles. The van der Waals surface area contributed by atoms with Crippen molar-refractivity contribution in [2.45, 2.75) is 18.4 Å². The fraction of sp³-hybridized carbons (Fsp3) is 0.231. The lowest BCUT2D eigenvalue weighted by Crippen LogP contribution is -2.27. The second-order valence-electron chi connectivity index (χ2n) is 4.20. The Hall–Kier alpha value is -1.66. The van der Waals surface area contributed by atoms with E-state index in [9.17, 15) is 12.8 Å². The number of nitrogens with zero attached hydrogens (tertiary/aromatic N) is 1. The van der Waals surface area contributed by atoms with Crippen molar-refractivity contribution in [3.05, 3.63) is 53.7 Å². The van der Waals surface area contributed by atoms with Gasteiger partial charge in [-0.1, -0.05) is 12.1 Å². The number of rotatable bonds is 4. The van der Waals surface area contributed by atoms with E-state index < -0.39 is 15.8 Å². The molecule has 1 aromatic carbocycles. The summed E-state index contributed by atoms with van der Waals surface area (Å²) in [5.74, 6) is 0.455. The van der Waals surface area contributed by atoms with Crippen molar-refractivity contribution in [1.29, 1.82) is 0 Å². The third-order valence-electron chi connectivity index (χ3n) is 2.70. The lowest BCUT2D eigenvalue weighted by atomic mass is 10.4. The first-order chi connectivity index (χ1) is 8.91. The molecule has 0 N–H and O–H groups in total. The van der Waals surface area contributed by atoms with Crippen molar-refractivity contribution in [3.63, 3.8) is 0 Å². The second-order valence-corrected chi connectivity index (χ2v) is 6.22. The molecule has 0 atom stereocenters. The normalized spacial score (nSPS) is 12.0. The van der Waals surface area contributed by atoms with E-state index in [1.54, 1.807) is 19.1 Å². The smallest absolute Gasteiger partial charge is 0.246 e. The van der Waals surface area contributed by atoms with Crippen molar-refractivity contribution in [3.8, 4) is 0 Å². The zero-order valence-electron chi connectivity index (χ0n) is 10.6. The van der Waals surface area contributed by atoms with Crippen LogP contribution in [0.5, 0.6) is 0 Å². The van der Waals surface area contributed by atoms with Crippen LogP contribution < -0.4 is 0 Å². The predicted molar refractivity (Wildman–Crippen MR) is 68.5 cm³/mol. The van der Waals surface area contributed by atoms with Crippen molar-refractivity contribution in [1.82, 2.24) is 4.31 Å². The van der Waals surface area contributed by atoms with Crippen LogP contribution in [0.4, 0.5) is 4.39 Å². The van der Waals surface area contributed by atoms with E-state index in [2.05, 4.69) is 0 Å². The fourth-order valence-electron chi connectivity index (χ4n) is 1.70. The molecule has 0 bridgehead atoms. The van der Waals surface area contributed by atoms with Crippen LogP contribution in [-0.4, -0.2) is 19.8 Å². The minimum atomic E-state index is -3.86. The lowest BCUT2D eigenvalue weighted by Gasteiger charge is -2.16. The molecule has 0 saturated heterocycles. The molecule has 0 unspecified atom stereocenters. The maximum Gasteiger partial charge on any atom is 0.246 e. The molecular formula is C13H14FNO3S. The van der Waals surface area contributed by atoms with Gasteiger partial charge in [-0.05, 0) is 31.2 Å². The Bertz CT molecular complexity index is 679. The van der Waals surface area contributed by atoms with Crippen LogP contribution in [0.2, 0.25) is 0 Å². The van der Waals surface area contributed by atoms with E-state index in [0.29, 0.717) is 11.5 Å². The molecule has 0 amide bonds. The summed E-state index contributed by atoms with van der Waals surface area (Å²) in [6.45, 7) is 1.83. The van der Waals surface area contributed by atoms with E-state index in [0.717, 1.165) is 10.4 Å². The van der Waals surface area contributed by atoms with Gasteiger partial charge in [0.15, 0.2) is 0 Å². The highest BCUT2D eigenvalue weighted by atomic mass is 32.2. The highest BCUT2D eigenvalue weighted by molar-refractivity contribution is 7.89. The average Bonchev–Trinajstić information content (AvgIpc) is 2.75. The van der Waals surface area contributed by atoms with Crippen LogP contribution in [0.25, 0.3) is 0 Å². The molecule has 0 fully saturated rings. The minimum absolute atomic E-state index is 0.0600. The Morgan fingerprint density at radius 1 is 1.21 bits per heavy atom. The SMILES string of the molecule is Cc1ccc(CN(C)S(=O)(=O)c2ccccc2F)o1. The molecule has 0 aliphatic carbocycles. The molecule has 0 aliphatic rings. The van der Waals surface area contributed by atoms with Gasteiger partial charge < -0.3 is 4.42 Å². The van der Waals surface area contributed by atoms with Gasteiger partial charge in [-0.3, -0.25) is 0 Å². The van der Waals surface area contributed by atoms with Crippen molar-refractivity contribution in [2.75, 3.05) is 7.05 Å². The maximum atomic E-state index is 13.6. The summed E-state index contributed by atoms with van der Waals surface area (Å²) in [6.07, 6.45) is 0. The third kappa shape index (κ3) is 2.85. The Morgan fingerprint density at radius 2 is 1.89 bits per heavy atom. The van der Waals surface area contributed by atoms with Crippen LogP contribution in [-0.2, 0) is 16.6 Å². The second kappa shape index (κ2) is 5.14. The number of furan rings is 1. The van der Waals surface area contributed by atoms with Crippen LogP contribution >= 0.6 is 0 Å². The number of benzene rings is 1. The molecule has 4 nitrogen and oxygen atoms in total. The van der Waals surface area contributed by atoms with E-state index in [4.69, 9.17) is 4.42 Å². The summed E-state index contributed by atoms with van der Waals surface area (Å²) in [7, 11) is -2.47. The van der Waals surface area contributed by atoms with Crippen molar-refractivity contribution < 1.29 is 17.2 Å². The van der Waals surface area contributed by atoms with Gasteiger partial charge in [0.2, 0.25) is 10.0 Å². The van der Waals surface area contributed by atoms with Crippen molar-refractivity contribution in [2.24, 2.45) is 0 Å². The van der Waals surface area contributed by atoms with Gasteiger partial charge in [0.1, 0.15) is 22.2 Å². The number of halogens is 1. The predicted octanol–water partition coefficient (Wildman–Crippen LogP) is 2.55. The zero-order chi connectivity index (χ0) is 14.0. The number of aryl methyl sites for hydroxylation is 1. The van der Waals surface area contributed by atoms with E-state index in [1.165, 1.54) is 25.2 Å². The largest absolute Gasteiger partial charge is 0.465 e. The monoisotopic (exact) mass is 283 g/mol.